The second-order valence-corrected chi connectivity index (χ2v) is 4.18. The highest BCUT2D eigenvalue weighted by molar-refractivity contribution is 5.50. The quantitative estimate of drug-likeness (QED) is 0.706. The third-order valence-corrected chi connectivity index (χ3v) is 2.66. The Morgan fingerprint density at radius 1 is 1.00 bits per heavy atom. The summed E-state index contributed by atoms with van der Waals surface area (Å²) in [6.07, 6.45) is 3.61. The summed E-state index contributed by atoms with van der Waals surface area (Å²) >= 11 is 0. The van der Waals surface area contributed by atoms with Crippen LogP contribution in [0.2, 0.25) is 0 Å². The Morgan fingerprint density at radius 3 is 2.47 bits per heavy atom. The van der Waals surface area contributed by atoms with E-state index in [-0.39, 0.29) is 0 Å². The van der Waals surface area contributed by atoms with Crippen LogP contribution in [-0.2, 0) is 6.54 Å². The van der Waals surface area contributed by atoms with Gasteiger partial charge in [-0.15, -0.1) is 20.4 Å². The summed E-state index contributed by atoms with van der Waals surface area (Å²) < 4.78 is 1.84. The van der Waals surface area contributed by atoms with Crippen LogP contribution in [0.3, 0.4) is 0 Å². The van der Waals surface area contributed by atoms with Gasteiger partial charge in [-0.1, -0.05) is 30.3 Å². The van der Waals surface area contributed by atoms with E-state index < -0.39 is 0 Å². The molecule has 0 saturated heterocycles. The smallest absolute Gasteiger partial charge is 0.206 e. The zero-order valence-corrected chi connectivity index (χ0v) is 10.4. The van der Waals surface area contributed by atoms with Crippen molar-refractivity contribution in [2.75, 3.05) is 0 Å². The normalized spacial score (nSPS) is 10.6. The van der Waals surface area contributed by atoms with Crippen molar-refractivity contribution in [2.24, 2.45) is 0 Å². The molecular weight excluding hydrogens is 240 g/mol. The maximum Gasteiger partial charge on any atom is 0.206 e. The molecule has 94 valence electrons. The lowest BCUT2D eigenvalue weighted by Gasteiger charge is -2.00. The average Bonchev–Trinajstić information content (AvgIpc) is 2.89. The van der Waals surface area contributed by atoms with Gasteiger partial charge >= 0.3 is 0 Å². The Morgan fingerprint density at radius 2 is 1.74 bits per heavy atom. The molecule has 0 spiro atoms. The van der Waals surface area contributed by atoms with Gasteiger partial charge in [-0.25, -0.2) is 0 Å². The Labute approximate surface area is 110 Å². The van der Waals surface area contributed by atoms with E-state index in [0.29, 0.717) is 18.2 Å². The van der Waals surface area contributed by atoms with Crippen molar-refractivity contribution in [3.05, 3.63) is 54.1 Å². The lowest BCUT2D eigenvalue weighted by molar-refractivity contribution is 0.687. The number of hydrogen-bond donors (Lipinski definition) is 0. The van der Waals surface area contributed by atoms with Crippen LogP contribution >= 0.6 is 0 Å². The highest BCUT2D eigenvalue weighted by Gasteiger charge is 2.06. The third kappa shape index (κ3) is 2.62. The molecule has 0 atom stereocenters. The van der Waals surface area contributed by atoms with E-state index in [2.05, 4.69) is 37.6 Å². The summed E-state index contributed by atoms with van der Waals surface area (Å²) in [7, 11) is 0. The molecular formula is C13H12N6. The fraction of sp³-hybridized carbons (Fsp3) is 0.154. The number of aryl methyl sites for hydroxylation is 1. The third-order valence-electron chi connectivity index (χ3n) is 2.66. The van der Waals surface area contributed by atoms with Crippen molar-refractivity contribution in [1.29, 1.82) is 0 Å². The first-order valence-corrected chi connectivity index (χ1v) is 5.92. The van der Waals surface area contributed by atoms with Gasteiger partial charge in [0.2, 0.25) is 5.82 Å². The molecule has 0 aliphatic heterocycles. The maximum atomic E-state index is 4.29. The maximum absolute atomic E-state index is 4.29. The Hall–Kier alpha value is -2.63. The van der Waals surface area contributed by atoms with Gasteiger partial charge in [-0.2, -0.15) is 5.10 Å². The minimum atomic E-state index is 0.491. The van der Waals surface area contributed by atoms with E-state index >= 15 is 0 Å². The van der Waals surface area contributed by atoms with Crippen molar-refractivity contribution < 1.29 is 0 Å². The Balaban J connectivity index is 1.82. The van der Waals surface area contributed by atoms with Gasteiger partial charge in [-0.3, -0.25) is 4.68 Å². The zero-order chi connectivity index (χ0) is 13.1. The molecule has 2 aromatic heterocycles. The van der Waals surface area contributed by atoms with Crippen molar-refractivity contribution in [3.63, 3.8) is 0 Å². The molecule has 0 aliphatic rings. The standard InChI is InChI=1S/C13H12N6/c1-10-15-17-13(18-16-10)12-7-14-19(9-12)8-11-5-3-2-4-6-11/h2-7,9H,8H2,1H3. The molecule has 0 fully saturated rings. The summed E-state index contributed by atoms with van der Waals surface area (Å²) in [6, 6.07) is 10.1. The summed E-state index contributed by atoms with van der Waals surface area (Å²) in [5, 5.41) is 20.1. The fourth-order valence-corrected chi connectivity index (χ4v) is 1.73. The molecule has 0 radical (unpaired) electrons. The summed E-state index contributed by atoms with van der Waals surface area (Å²) in [5.74, 6) is 1.05. The van der Waals surface area contributed by atoms with E-state index in [4.69, 9.17) is 0 Å². The minimum Gasteiger partial charge on any atom is -0.268 e. The Kier molecular flexibility index (Phi) is 2.97. The summed E-state index contributed by atoms with van der Waals surface area (Å²) in [5.41, 5.74) is 2.01. The van der Waals surface area contributed by atoms with Gasteiger partial charge in [0.05, 0.1) is 18.3 Å². The molecule has 3 rings (SSSR count). The van der Waals surface area contributed by atoms with Crippen molar-refractivity contribution in [2.45, 2.75) is 13.5 Å². The van der Waals surface area contributed by atoms with E-state index in [1.807, 2.05) is 29.1 Å². The van der Waals surface area contributed by atoms with Gasteiger partial charge in [0.15, 0.2) is 5.82 Å². The molecule has 2 heterocycles. The first-order valence-electron chi connectivity index (χ1n) is 5.92. The number of hydrogen-bond acceptors (Lipinski definition) is 5. The average molecular weight is 252 g/mol. The molecule has 0 amide bonds. The SMILES string of the molecule is Cc1nnc(-c2cnn(Cc3ccccc3)c2)nn1. The molecule has 0 N–H and O–H groups in total. The second kappa shape index (κ2) is 4.93. The van der Waals surface area contributed by atoms with Gasteiger partial charge in [0.25, 0.3) is 0 Å². The molecule has 0 aliphatic carbocycles. The van der Waals surface area contributed by atoms with Crippen LogP contribution in [-0.4, -0.2) is 30.2 Å². The number of benzene rings is 1. The van der Waals surface area contributed by atoms with E-state index in [9.17, 15) is 0 Å². The van der Waals surface area contributed by atoms with Crippen LogP contribution in [0.15, 0.2) is 42.7 Å². The van der Waals surface area contributed by atoms with Crippen molar-refractivity contribution in [1.82, 2.24) is 30.2 Å². The predicted octanol–water partition coefficient (Wildman–Crippen LogP) is 1.49. The van der Waals surface area contributed by atoms with Gasteiger partial charge in [-0.05, 0) is 12.5 Å². The van der Waals surface area contributed by atoms with Crippen LogP contribution in [0, 0.1) is 6.92 Å². The summed E-state index contributed by atoms with van der Waals surface area (Å²) in [4.78, 5) is 0. The molecule has 0 saturated carbocycles. The monoisotopic (exact) mass is 252 g/mol. The topological polar surface area (TPSA) is 69.4 Å². The van der Waals surface area contributed by atoms with Gasteiger partial charge in [0, 0.05) is 6.20 Å². The van der Waals surface area contributed by atoms with Crippen LogP contribution in [0.25, 0.3) is 11.4 Å². The Bertz CT molecular complexity index is 659. The summed E-state index contributed by atoms with van der Waals surface area (Å²) in [6.45, 7) is 2.47. The first-order chi connectivity index (χ1) is 9.31. The number of nitrogens with zero attached hydrogens (tertiary/aromatic N) is 6. The number of rotatable bonds is 3. The first kappa shape index (κ1) is 11.5. The van der Waals surface area contributed by atoms with Crippen molar-refractivity contribution >= 4 is 0 Å². The molecule has 6 nitrogen and oxygen atoms in total. The number of aromatic nitrogens is 6. The molecule has 1 aromatic carbocycles. The van der Waals surface area contributed by atoms with Crippen LogP contribution < -0.4 is 0 Å². The van der Waals surface area contributed by atoms with Crippen LogP contribution in [0.4, 0.5) is 0 Å². The van der Waals surface area contributed by atoms with Crippen LogP contribution in [0.1, 0.15) is 11.4 Å². The fourth-order valence-electron chi connectivity index (χ4n) is 1.73. The zero-order valence-electron chi connectivity index (χ0n) is 10.4. The van der Waals surface area contributed by atoms with E-state index in [1.165, 1.54) is 5.56 Å². The van der Waals surface area contributed by atoms with E-state index in [1.54, 1.807) is 13.1 Å². The van der Waals surface area contributed by atoms with Crippen LogP contribution in [0.5, 0.6) is 0 Å². The largest absolute Gasteiger partial charge is 0.268 e. The molecule has 19 heavy (non-hydrogen) atoms. The molecule has 0 unspecified atom stereocenters. The molecule has 3 aromatic rings. The highest BCUT2D eigenvalue weighted by Crippen LogP contribution is 2.12. The molecule has 0 bridgehead atoms. The lowest BCUT2D eigenvalue weighted by atomic mass is 10.2. The lowest BCUT2D eigenvalue weighted by Crippen LogP contribution is -2.00. The van der Waals surface area contributed by atoms with E-state index in [0.717, 1.165) is 5.56 Å². The second-order valence-electron chi connectivity index (χ2n) is 4.18. The van der Waals surface area contributed by atoms with Gasteiger partial charge in [0.1, 0.15) is 0 Å². The van der Waals surface area contributed by atoms with Crippen molar-refractivity contribution in [3.8, 4) is 11.4 Å². The predicted molar refractivity (Wildman–Crippen MR) is 69.1 cm³/mol. The highest BCUT2D eigenvalue weighted by atomic mass is 15.3. The molecule has 6 heteroatoms. The van der Waals surface area contributed by atoms with Gasteiger partial charge < -0.3 is 0 Å². The minimum absolute atomic E-state index is 0.491.